The monoisotopic (exact) mass is 290 g/mol. The third kappa shape index (κ3) is 4.43. The molecule has 0 atom stereocenters. The van der Waals surface area contributed by atoms with Gasteiger partial charge in [0.2, 0.25) is 5.91 Å². The summed E-state index contributed by atoms with van der Waals surface area (Å²) in [6.45, 7) is 0. The van der Waals surface area contributed by atoms with Crippen LogP contribution in [0.25, 0.3) is 0 Å². The van der Waals surface area contributed by atoms with Crippen molar-refractivity contribution in [2.75, 3.05) is 18.3 Å². The zero-order valence-corrected chi connectivity index (χ0v) is 11.1. The topological polar surface area (TPSA) is 67.4 Å². The van der Waals surface area contributed by atoms with E-state index in [1.165, 1.54) is 13.2 Å². The maximum absolute atomic E-state index is 11.4. The molecule has 0 heterocycles. The van der Waals surface area contributed by atoms with E-state index in [-0.39, 0.29) is 12.3 Å². The Morgan fingerprint density at radius 1 is 1.39 bits per heavy atom. The number of benzene rings is 1. The minimum absolute atomic E-state index is 0.0817. The molecule has 7 heteroatoms. The normalized spacial score (nSPS) is 9.72. The van der Waals surface area contributed by atoms with Gasteiger partial charge in [-0.3, -0.25) is 10.1 Å². The summed E-state index contributed by atoms with van der Waals surface area (Å²) in [5, 5.41) is 4.96. The van der Waals surface area contributed by atoms with Gasteiger partial charge in [0.15, 0.2) is 0 Å². The molecule has 0 bridgehead atoms. The molecule has 1 aromatic rings. The van der Waals surface area contributed by atoms with Gasteiger partial charge in [0, 0.05) is 18.0 Å². The standard InChI is InChI=1S/C11H12Cl2N2O3/c1-18-9-3-2-7(6-8(9)13)14-11(17)15-10(16)4-5-12/h2-3,6H,4-5H2,1H3,(H2,14,15,16,17). The summed E-state index contributed by atoms with van der Waals surface area (Å²) in [5.74, 6) is 0.218. The Labute approximate surface area is 114 Å². The van der Waals surface area contributed by atoms with Gasteiger partial charge < -0.3 is 10.1 Å². The molecule has 0 aromatic heterocycles. The molecule has 98 valence electrons. The fourth-order valence-electron chi connectivity index (χ4n) is 1.18. The molecule has 0 saturated heterocycles. The van der Waals surface area contributed by atoms with Gasteiger partial charge in [-0.25, -0.2) is 4.79 Å². The Hall–Kier alpha value is -1.46. The number of amides is 3. The molecule has 0 radical (unpaired) electrons. The molecule has 0 saturated carbocycles. The lowest BCUT2D eigenvalue weighted by atomic mass is 10.3. The van der Waals surface area contributed by atoms with Crippen LogP contribution in [0.2, 0.25) is 5.02 Å². The van der Waals surface area contributed by atoms with Crippen molar-refractivity contribution in [3.05, 3.63) is 23.2 Å². The average molecular weight is 291 g/mol. The predicted molar refractivity (Wildman–Crippen MR) is 70.5 cm³/mol. The third-order valence-corrected chi connectivity index (χ3v) is 2.47. The predicted octanol–water partition coefficient (Wildman–Crippen LogP) is 2.63. The third-order valence-electron chi connectivity index (χ3n) is 1.98. The molecule has 5 nitrogen and oxygen atoms in total. The maximum atomic E-state index is 11.4. The van der Waals surface area contributed by atoms with Crippen molar-refractivity contribution in [2.45, 2.75) is 6.42 Å². The van der Waals surface area contributed by atoms with E-state index in [0.717, 1.165) is 0 Å². The minimum Gasteiger partial charge on any atom is -0.495 e. The van der Waals surface area contributed by atoms with Crippen molar-refractivity contribution >= 4 is 40.8 Å². The van der Waals surface area contributed by atoms with Crippen LogP contribution in [0.15, 0.2) is 18.2 Å². The molecule has 2 N–H and O–H groups in total. The van der Waals surface area contributed by atoms with Crippen molar-refractivity contribution in [1.29, 1.82) is 0 Å². The van der Waals surface area contributed by atoms with E-state index in [0.29, 0.717) is 16.5 Å². The fourth-order valence-corrected chi connectivity index (χ4v) is 1.61. The van der Waals surface area contributed by atoms with Crippen molar-refractivity contribution in [3.8, 4) is 5.75 Å². The van der Waals surface area contributed by atoms with E-state index < -0.39 is 11.9 Å². The number of alkyl halides is 1. The molecule has 0 aliphatic heterocycles. The molecule has 0 spiro atoms. The number of methoxy groups -OCH3 is 1. The number of ether oxygens (including phenoxy) is 1. The van der Waals surface area contributed by atoms with Gasteiger partial charge in [0.1, 0.15) is 5.75 Å². The minimum atomic E-state index is -0.633. The molecule has 3 amide bonds. The first-order valence-electron chi connectivity index (χ1n) is 5.07. The van der Waals surface area contributed by atoms with E-state index >= 15 is 0 Å². The second-order valence-corrected chi connectivity index (χ2v) is 4.08. The quantitative estimate of drug-likeness (QED) is 0.838. The molecule has 0 aliphatic carbocycles. The molecule has 1 aromatic carbocycles. The van der Waals surface area contributed by atoms with Crippen LogP contribution in [0.5, 0.6) is 5.75 Å². The van der Waals surface area contributed by atoms with Gasteiger partial charge in [-0.15, -0.1) is 11.6 Å². The highest BCUT2D eigenvalue weighted by Gasteiger charge is 2.08. The highest BCUT2D eigenvalue weighted by molar-refractivity contribution is 6.32. The second kappa shape index (κ2) is 7.08. The first-order valence-corrected chi connectivity index (χ1v) is 5.98. The van der Waals surface area contributed by atoms with Gasteiger partial charge in [-0.2, -0.15) is 0 Å². The first kappa shape index (κ1) is 14.6. The Bertz CT molecular complexity index is 452. The Kier molecular flexibility index (Phi) is 5.74. The molecule has 0 unspecified atom stereocenters. The molecule has 1 rings (SSSR count). The van der Waals surface area contributed by atoms with Crippen LogP contribution in [0.4, 0.5) is 10.5 Å². The van der Waals surface area contributed by atoms with Gasteiger partial charge in [0.25, 0.3) is 0 Å². The Morgan fingerprint density at radius 3 is 2.67 bits per heavy atom. The van der Waals surface area contributed by atoms with Crippen molar-refractivity contribution < 1.29 is 14.3 Å². The smallest absolute Gasteiger partial charge is 0.325 e. The number of nitrogens with one attached hydrogen (secondary N) is 2. The van der Waals surface area contributed by atoms with Gasteiger partial charge >= 0.3 is 6.03 Å². The zero-order chi connectivity index (χ0) is 13.5. The van der Waals surface area contributed by atoms with Crippen LogP contribution in [0.3, 0.4) is 0 Å². The van der Waals surface area contributed by atoms with Gasteiger partial charge in [-0.05, 0) is 18.2 Å². The summed E-state index contributed by atoms with van der Waals surface area (Å²) in [5.41, 5.74) is 0.456. The van der Waals surface area contributed by atoms with Crippen LogP contribution in [0, 0.1) is 0 Å². The maximum Gasteiger partial charge on any atom is 0.325 e. The number of carbonyl (C=O) groups excluding carboxylic acids is 2. The lowest BCUT2D eigenvalue weighted by Crippen LogP contribution is -2.34. The average Bonchev–Trinajstić information content (AvgIpc) is 2.29. The van der Waals surface area contributed by atoms with Crippen molar-refractivity contribution in [3.63, 3.8) is 0 Å². The summed E-state index contributed by atoms with van der Waals surface area (Å²) < 4.78 is 4.97. The van der Waals surface area contributed by atoms with Gasteiger partial charge in [-0.1, -0.05) is 11.6 Å². The lowest BCUT2D eigenvalue weighted by Gasteiger charge is -2.08. The number of anilines is 1. The zero-order valence-electron chi connectivity index (χ0n) is 9.63. The van der Waals surface area contributed by atoms with Crippen LogP contribution in [-0.4, -0.2) is 24.9 Å². The number of rotatable bonds is 4. The van der Waals surface area contributed by atoms with E-state index in [9.17, 15) is 9.59 Å². The summed E-state index contributed by atoms with van der Waals surface area (Å²) in [6.07, 6.45) is 0.0817. The van der Waals surface area contributed by atoms with Crippen LogP contribution in [-0.2, 0) is 4.79 Å². The second-order valence-electron chi connectivity index (χ2n) is 3.29. The number of hydrogen-bond acceptors (Lipinski definition) is 3. The summed E-state index contributed by atoms with van der Waals surface area (Å²) >= 11 is 11.3. The number of imide groups is 1. The number of carbonyl (C=O) groups is 2. The number of urea groups is 1. The highest BCUT2D eigenvalue weighted by Crippen LogP contribution is 2.26. The van der Waals surface area contributed by atoms with Crippen molar-refractivity contribution in [2.24, 2.45) is 0 Å². The van der Waals surface area contributed by atoms with E-state index in [2.05, 4.69) is 10.6 Å². The number of hydrogen-bond donors (Lipinski definition) is 2. The molecule has 18 heavy (non-hydrogen) atoms. The van der Waals surface area contributed by atoms with Crippen molar-refractivity contribution in [1.82, 2.24) is 5.32 Å². The first-order chi connectivity index (χ1) is 8.56. The summed E-state index contributed by atoms with van der Waals surface area (Å²) in [6, 6.07) is 4.10. The molecule has 0 aliphatic rings. The molecular formula is C11H12Cl2N2O3. The lowest BCUT2D eigenvalue weighted by molar-refractivity contribution is -0.119. The summed E-state index contributed by atoms with van der Waals surface area (Å²) in [4.78, 5) is 22.5. The summed E-state index contributed by atoms with van der Waals surface area (Å²) in [7, 11) is 1.49. The van der Waals surface area contributed by atoms with E-state index in [1.807, 2.05) is 0 Å². The largest absolute Gasteiger partial charge is 0.495 e. The van der Waals surface area contributed by atoms with E-state index in [1.54, 1.807) is 12.1 Å². The Balaban J connectivity index is 2.59. The van der Waals surface area contributed by atoms with E-state index in [4.69, 9.17) is 27.9 Å². The molecule has 0 fully saturated rings. The SMILES string of the molecule is COc1ccc(NC(=O)NC(=O)CCCl)cc1Cl. The highest BCUT2D eigenvalue weighted by atomic mass is 35.5. The van der Waals surface area contributed by atoms with Crippen LogP contribution in [0.1, 0.15) is 6.42 Å². The fraction of sp³-hybridized carbons (Fsp3) is 0.273. The Morgan fingerprint density at radius 2 is 2.11 bits per heavy atom. The van der Waals surface area contributed by atoms with Gasteiger partial charge in [0.05, 0.1) is 12.1 Å². The molecular weight excluding hydrogens is 279 g/mol. The number of halogens is 2. The van der Waals surface area contributed by atoms with Crippen LogP contribution >= 0.6 is 23.2 Å². The van der Waals surface area contributed by atoms with Crippen LogP contribution < -0.4 is 15.4 Å².